The Morgan fingerprint density at radius 3 is 2.73 bits per heavy atom. The number of carbonyl (C=O) groups is 1. The summed E-state index contributed by atoms with van der Waals surface area (Å²) in [5.74, 6) is 0.907. The van der Waals surface area contributed by atoms with Crippen molar-refractivity contribution >= 4 is 34.8 Å². The first-order chi connectivity index (χ1) is 10.6. The Hall–Kier alpha value is -1.91. The number of benzene rings is 2. The maximum absolute atomic E-state index is 12.4. The third-order valence-electron chi connectivity index (χ3n) is 3.41. The van der Waals surface area contributed by atoms with Crippen molar-refractivity contribution in [3.05, 3.63) is 52.0 Å². The molecule has 3 rings (SSSR count). The van der Waals surface area contributed by atoms with E-state index in [1.165, 1.54) is 7.11 Å². The highest BCUT2D eigenvalue weighted by Gasteiger charge is 2.25. The van der Waals surface area contributed by atoms with E-state index in [1.54, 1.807) is 35.2 Å². The molecule has 0 spiro atoms. The molecule has 0 aliphatic carbocycles. The van der Waals surface area contributed by atoms with Gasteiger partial charge in [0, 0.05) is 27.4 Å². The molecule has 1 aliphatic rings. The molecule has 114 valence electrons. The van der Waals surface area contributed by atoms with Crippen LogP contribution in [0.15, 0.2) is 36.4 Å². The van der Waals surface area contributed by atoms with Crippen LogP contribution in [-0.2, 0) is 11.3 Å². The molecule has 1 heterocycles. The van der Waals surface area contributed by atoms with Crippen molar-refractivity contribution in [1.29, 1.82) is 0 Å². The molecule has 4 nitrogen and oxygen atoms in total. The standard InChI is InChI=1S/C16H13Cl2NO3/c1-21-14-7-12(18)5-10-8-19(15(20)9-22-16(10)14)13-4-2-3-11(17)6-13/h2-7H,8-9H2,1H3. The average Bonchev–Trinajstić information content (AvgIpc) is 2.66. The van der Waals surface area contributed by atoms with Crippen LogP contribution >= 0.6 is 23.2 Å². The summed E-state index contributed by atoms with van der Waals surface area (Å²) in [6.07, 6.45) is 0. The third-order valence-corrected chi connectivity index (χ3v) is 3.86. The Balaban J connectivity index is 2.05. The van der Waals surface area contributed by atoms with E-state index >= 15 is 0 Å². The predicted molar refractivity (Wildman–Crippen MR) is 86.1 cm³/mol. The fraction of sp³-hybridized carbons (Fsp3) is 0.188. The van der Waals surface area contributed by atoms with Crippen LogP contribution in [0, 0.1) is 0 Å². The maximum Gasteiger partial charge on any atom is 0.265 e. The number of nitrogens with zero attached hydrogens (tertiary/aromatic N) is 1. The monoisotopic (exact) mass is 337 g/mol. The Morgan fingerprint density at radius 2 is 2.00 bits per heavy atom. The Kier molecular flexibility index (Phi) is 4.14. The number of hydrogen-bond acceptors (Lipinski definition) is 3. The van der Waals surface area contributed by atoms with Crippen LogP contribution < -0.4 is 14.4 Å². The van der Waals surface area contributed by atoms with Gasteiger partial charge >= 0.3 is 0 Å². The smallest absolute Gasteiger partial charge is 0.265 e. The molecule has 0 radical (unpaired) electrons. The summed E-state index contributed by atoms with van der Waals surface area (Å²) < 4.78 is 10.9. The molecular formula is C16H13Cl2NO3. The molecule has 1 amide bonds. The number of methoxy groups -OCH3 is 1. The lowest BCUT2D eigenvalue weighted by Gasteiger charge is -2.20. The first-order valence-corrected chi connectivity index (χ1v) is 7.39. The van der Waals surface area contributed by atoms with E-state index < -0.39 is 0 Å². The number of ether oxygens (including phenoxy) is 2. The van der Waals surface area contributed by atoms with E-state index in [9.17, 15) is 4.79 Å². The molecule has 0 atom stereocenters. The van der Waals surface area contributed by atoms with Gasteiger partial charge in [0.1, 0.15) is 0 Å². The zero-order valence-corrected chi connectivity index (χ0v) is 13.3. The summed E-state index contributed by atoms with van der Waals surface area (Å²) in [5.41, 5.74) is 1.50. The van der Waals surface area contributed by atoms with Crippen LogP contribution in [0.1, 0.15) is 5.56 Å². The number of hydrogen-bond donors (Lipinski definition) is 0. The number of anilines is 1. The van der Waals surface area contributed by atoms with Gasteiger partial charge in [0.15, 0.2) is 18.1 Å². The highest BCUT2D eigenvalue weighted by atomic mass is 35.5. The van der Waals surface area contributed by atoms with Gasteiger partial charge in [0.05, 0.1) is 13.7 Å². The lowest BCUT2D eigenvalue weighted by atomic mass is 10.1. The SMILES string of the molecule is COc1cc(Cl)cc2c1OCC(=O)N(c1cccc(Cl)c1)C2. The minimum Gasteiger partial charge on any atom is -0.493 e. The molecule has 1 aliphatic heterocycles. The Labute approximate surface area is 138 Å². The first-order valence-electron chi connectivity index (χ1n) is 6.63. The second-order valence-electron chi connectivity index (χ2n) is 4.84. The minimum atomic E-state index is -0.156. The predicted octanol–water partition coefficient (Wildman–Crippen LogP) is 3.93. The van der Waals surface area contributed by atoms with Crippen LogP contribution in [-0.4, -0.2) is 19.6 Å². The van der Waals surface area contributed by atoms with E-state index in [-0.39, 0.29) is 12.5 Å². The molecule has 0 N–H and O–H groups in total. The number of fused-ring (bicyclic) bond motifs is 1. The maximum atomic E-state index is 12.4. The molecule has 2 aromatic carbocycles. The minimum absolute atomic E-state index is 0.0719. The largest absolute Gasteiger partial charge is 0.493 e. The summed E-state index contributed by atoms with van der Waals surface area (Å²) in [6.45, 7) is 0.267. The first kappa shape index (κ1) is 15.0. The molecule has 0 bridgehead atoms. The summed E-state index contributed by atoms with van der Waals surface area (Å²) >= 11 is 12.1. The number of amides is 1. The van der Waals surface area contributed by atoms with Gasteiger partial charge in [-0.25, -0.2) is 0 Å². The second kappa shape index (κ2) is 6.07. The van der Waals surface area contributed by atoms with Crippen molar-refractivity contribution in [1.82, 2.24) is 0 Å². The lowest BCUT2D eigenvalue weighted by molar-refractivity contribution is -0.120. The summed E-state index contributed by atoms with van der Waals surface area (Å²) in [4.78, 5) is 14.0. The molecule has 0 saturated heterocycles. The van der Waals surface area contributed by atoms with Crippen LogP contribution in [0.25, 0.3) is 0 Å². The van der Waals surface area contributed by atoms with Gasteiger partial charge in [-0.15, -0.1) is 0 Å². The van der Waals surface area contributed by atoms with Gasteiger partial charge < -0.3 is 14.4 Å². The summed E-state index contributed by atoms with van der Waals surface area (Å²) in [6, 6.07) is 10.6. The highest BCUT2D eigenvalue weighted by molar-refractivity contribution is 6.31. The van der Waals surface area contributed by atoms with E-state index in [4.69, 9.17) is 32.7 Å². The normalized spacial score (nSPS) is 14.1. The second-order valence-corrected chi connectivity index (χ2v) is 5.72. The van der Waals surface area contributed by atoms with Gasteiger partial charge in [-0.05, 0) is 24.3 Å². The zero-order chi connectivity index (χ0) is 15.7. The zero-order valence-electron chi connectivity index (χ0n) is 11.8. The average molecular weight is 338 g/mol. The lowest BCUT2D eigenvalue weighted by Crippen LogP contribution is -2.32. The van der Waals surface area contributed by atoms with E-state index in [0.29, 0.717) is 33.8 Å². The molecule has 0 saturated carbocycles. The molecule has 0 unspecified atom stereocenters. The van der Waals surface area contributed by atoms with Gasteiger partial charge in [0.2, 0.25) is 0 Å². The van der Waals surface area contributed by atoms with Gasteiger partial charge in [-0.3, -0.25) is 4.79 Å². The molecule has 6 heteroatoms. The number of halogens is 2. The molecular weight excluding hydrogens is 325 g/mol. The van der Waals surface area contributed by atoms with Crippen LogP contribution in [0.2, 0.25) is 10.0 Å². The fourth-order valence-corrected chi connectivity index (χ4v) is 2.82. The van der Waals surface area contributed by atoms with E-state index in [2.05, 4.69) is 0 Å². The van der Waals surface area contributed by atoms with E-state index in [0.717, 1.165) is 5.56 Å². The third kappa shape index (κ3) is 2.85. The van der Waals surface area contributed by atoms with Crippen molar-refractivity contribution in [2.24, 2.45) is 0 Å². The molecule has 22 heavy (non-hydrogen) atoms. The van der Waals surface area contributed by atoms with Crippen molar-refractivity contribution in [2.45, 2.75) is 6.54 Å². The molecule has 0 fully saturated rings. The molecule has 2 aromatic rings. The van der Waals surface area contributed by atoms with Gasteiger partial charge in [-0.1, -0.05) is 29.3 Å². The quantitative estimate of drug-likeness (QED) is 0.833. The van der Waals surface area contributed by atoms with Crippen LogP contribution in [0.3, 0.4) is 0 Å². The topological polar surface area (TPSA) is 38.8 Å². The Morgan fingerprint density at radius 1 is 1.18 bits per heavy atom. The van der Waals surface area contributed by atoms with Gasteiger partial charge in [-0.2, -0.15) is 0 Å². The van der Waals surface area contributed by atoms with E-state index in [1.807, 2.05) is 6.07 Å². The van der Waals surface area contributed by atoms with Crippen LogP contribution in [0.4, 0.5) is 5.69 Å². The molecule has 0 aromatic heterocycles. The van der Waals surface area contributed by atoms with Crippen molar-refractivity contribution in [3.8, 4) is 11.5 Å². The highest BCUT2D eigenvalue weighted by Crippen LogP contribution is 2.37. The Bertz CT molecular complexity index is 733. The summed E-state index contributed by atoms with van der Waals surface area (Å²) in [7, 11) is 1.54. The van der Waals surface area contributed by atoms with Crippen molar-refractivity contribution in [2.75, 3.05) is 18.6 Å². The van der Waals surface area contributed by atoms with Crippen LogP contribution in [0.5, 0.6) is 11.5 Å². The summed E-state index contributed by atoms with van der Waals surface area (Å²) in [5, 5.41) is 1.10. The number of carbonyl (C=O) groups excluding carboxylic acids is 1. The van der Waals surface area contributed by atoms with Crippen molar-refractivity contribution in [3.63, 3.8) is 0 Å². The van der Waals surface area contributed by atoms with Crippen molar-refractivity contribution < 1.29 is 14.3 Å². The van der Waals surface area contributed by atoms with Gasteiger partial charge in [0.25, 0.3) is 5.91 Å². The fourth-order valence-electron chi connectivity index (χ4n) is 2.41. The number of rotatable bonds is 2.